The van der Waals surface area contributed by atoms with Crippen molar-refractivity contribution < 1.29 is 28.2 Å². The average molecular weight is 558 g/mol. The molecule has 2 fully saturated rings. The van der Waals surface area contributed by atoms with Gasteiger partial charge in [0.25, 0.3) is 5.91 Å². The summed E-state index contributed by atoms with van der Waals surface area (Å²) in [5, 5.41) is 3.85. The lowest BCUT2D eigenvalue weighted by Crippen LogP contribution is -2.55. The predicted molar refractivity (Wildman–Crippen MR) is 143 cm³/mol. The summed E-state index contributed by atoms with van der Waals surface area (Å²) in [5.41, 5.74) is 1.21. The minimum Gasteiger partial charge on any atom is -0.493 e. The molecule has 1 amide bonds. The lowest BCUT2D eigenvalue weighted by Gasteiger charge is -2.39. The van der Waals surface area contributed by atoms with Crippen LogP contribution in [0.25, 0.3) is 10.9 Å². The maximum Gasteiger partial charge on any atom is 0.306 e. The molecule has 10 nitrogen and oxygen atoms in total. The summed E-state index contributed by atoms with van der Waals surface area (Å²) in [4.78, 5) is 36.8. The molecule has 2 saturated heterocycles. The Kier molecular flexibility index (Phi) is 7.99. The topological polar surface area (TPSA) is 106 Å². The van der Waals surface area contributed by atoms with Crippen LogP contribution < -0.4 is 14.8 Å². The molecule has 5 rings (SSSR count). The number of piperazine rings is 1. The van der Waals surface area contributed by atoms with Crippen LogP contribution in [0.5, 0.6) is 11.5 Å². The number of nitrogens with zero attached hydrogens (tertiary/aromatic N) is 4. The molecule has 39 heavy (non-hydrogen) atoms. The van der Waals surface area contributed by atoms with E-state index in [1.54, 1.807) is 30.2 Å². The monoisotopic (exact) mass is 557 g/mol. The van der Waals surface area contributed by atoms with Crippen LogP contribution in [-0.2, 0) is 14.3 Å². The van der Waals surface area contributed by atoms with Crippen molar-refractivity contribution in [1.29, 1.82) is 0 Å². The molecule has 0 saturated carbocycles. The summed E-state index contributed by atoms with van der Waals surface area (Å²) in [6, 6.07) is 7.94. The standard InChI is InChI=1S/C27H29ClFN5O5/c1-3-24(33-8-10-34(11-9-33)27(36)21-6-7-25(35)39-21)38-23-14-20-17(13-22(23)37-2)26(31-15-30-20)32-16-4-5-19(29)18(28)12-16/h4-5,12-15,21,24H,3,6-11H2,1-2H3,(H,30,31,32). The van der Waals surface area contributed by atoms with E-state index in [9.17, 15) is 14.0 Å². The Bertz CT molecular complexity index is 1380. The summed E-state index contributed by atoms with van der Waals surface area (Å²) in [6.45, 7) is 4.33. The number of rotatable bonds is 8. The van der Waals surface area contributed by atoms with Crippen molar-refractivity contribution in [3.63, 3.8) is 0 Å². The number of hydrogen-bond acceptors (Lipinski definition) is 9. The van der Waals surface area contributed by atoms with Crippen LogP contribution in [0.2, 0.25) is 5.02 Å². The van der Waals surface area contributed by atoms with Gasteiger partial charge in [-0.2, -0.15) is 0 Å². The number of fused-ring (bicyclic) bond motifs is 1. The lowest BCUT2D eigenvalue weighted by atomic mass is 10.2. The number of esters is 1. The van der Waals surface area contributed by atoms with E-state index in [-0.39, 0.29) is 23.1 Å². The zero-order chi connectivity index (χ0) is 27.5. The number of benzene rings is 2. The van der Waals surface area contributed by atoms with Crippen molar-refractivity contribution in [1.82, 2.24) is 19.8 Å². The Morgan fingerprint density at radius 1 is 1.21 bits per heavy atom. The van der Waals surface area contributed by atoms with E-state index in [2.05, 4.69) is 20.2 Å². The Morgan fingerprint density at radius 3 is 2.67 bits per heavy atom. The third-order valence-electron chi connectivity index (χ3n) is 6.91. The van der Waals surface area contributed by atoms with Gasteiger partial charge in [0.1, 0.15) is 18.0 Å². The molecular formula is C27H29ClFN5O5. The number of halogens is 2. The van der Waals surface area contributed by atoms with Crippen LogP contribution in [0.4, 0.5) is 15.9 Å². The molecule has 1 aromatic heterocycles. The normalized spacial score (nSPS) is 18.6. The molecule has 1 N–H and O–H groups in total. The van der Waals surface area contributed by atoms with E-state index >= 15 is 0 Å². The first-order valence-electron chi connectivity index (χ1n) is 12.8. The van der Waals surface area contributed by atoms with Crippen molar-refractivity contribution in [2.45, 2.75) is 38.5 Å². The Hall–Kier alpha value is -3.70. The van der Waals surface area contributed by atoms with Crippen LogP contribution >= 0.6 is 11.6 Å². The smallest absolute Gasteiger partial charge is 0.306 e. The van der Waals surface area contributed by atoms with E-state index < -0.39 is 11.9 Å². The van der Waals surface area contributed by atoms with Crippen LogP contribution in [0.15, 0.2) is 36.7 Å². The van der Waals surface area contributed by atoms with E-state index in [4.69, 9.17) is 25.8 Å². The molecule has 3 heterocycles. The summed E-state index contributed by atoms with van der Waals surface area (Å²) >= 11 is 5.93. The SMILES string of the molecule is CCC(Oc1cc2ncnc(Nc3ccc(F)c(Cl)c3)c2cc1OC)N1CCN(C(=O)C2CCC(=O)O2)CC1. The molecule has 2 atom stereocenters. The number of nitrogens with one attached hydrogen (secondary N) is 1. The number of methoxy groups -OCH3 is 1. The number of amides is 1. The lowest BCUT2D eigenvalue weighted by molar-refractivity contribution is -0.154. The van der Waals surface area contributed by atoms with Crippen molar-refractivity contribution in [3.8, 4) is 11.5 Å². The summed E-state index contributed by atoms with van der Waals surface area (Å²) < 4.78 is 30.8. The number of carbonyl (C=O) groups excluding carboxylic acids is 2. The number of carbonyl (C=O) groups is 2. The molecule has 0 radical (unpaired) electrons. The molecule has 2 unspecified atom stereocenters. The second-order valence-corrected chi connectivity index (χ2v) is 9.76. The van der Waals surface area contributed by atoms with Gasteiger partial charge in [-0.05, 0) is 30.7 Å². The number of anilines is 2. The van der Waals surface area contributed by atoms with Gasteiger partial charge in [0, 0.05) is 56.2 Å². The second kappa shape index (κ2) is 11.6. The van der Waals surface area contributed by atoms with Gasteiger partial charge in [0.15, 0.2) is 23.8 Å². The summed E-state index contributed by atoms with van der Waals surface area (Å²) in [7, 11) is 1.56. The number of ether oxygens (including phenoxy) is 3. The molecule has 0 bridgehead atoms. The van der Waals surface area contributed by atoms with Gasteiger partial charge in [-0.15, -0.1) is 0 Å². The number of hydrogen-bond donors (Lipinski definition) is 1. The maximum atomic E-state index is 13.6. The van der Waals surface area contributed by atoms with Crippen LogP contribution in [0.3, 0.4) is 0 Å². The molecule has 2 aliphatic rings. The fourth-order valence-electron chi connectivity index (χ4n) is 4.82. The largest absolute Gasteiger partial charge is 0.493 e. The maximum absolute atomic E-state index is 13.6. The second-order valence-electron chi connectivity index (χ2n) is 9.36. The highest BCUT2D eigenvalue weighted by atomic mass is 35.5. The molecule has 12 heteroatoms. The highest BCUT2D eigenvalue weighted by molar-refractivity contribution is 6.31. The van der Waals surface area contributed by atoms with E-state index in [1.807, 2.05) is 6.92 Å². The van der Waals surface area contributed by atoms with Gasteiger partial charge in [0.2, 0.25) is 0 Å². The molecule has 0 aliphatic carbocycles. The first kappa shape index (κ1) is 26.9. The Balaban J connectivity index is 1.30. The molecule has 206 valence electrons. The number of aromatic nitrogens is 2. The van der Waals surface area contributed by atoms with Crippen LogP contribution in [0, 0.1) is 5.82 Å². The predicted octanol–water partition coefficient (Wildman–Crippen LogP) is 4.14. The zero-order valence-electron chi connectivity index (χ0n) is 21.7. The number of cyclic esters (lactones) is 1. The molecular weight excluding hydrogens is 529 g/mol. The van der Waals surface area contributed by atoms with Gasteiger partial charge >= 0.3 is 5.97 Å². The molecule has 2 aliphatic heterocycles. The van der Waals surface area contributed by atoms with Gasteiger partial charge in [-0.25, -0.2) is 14.4 Å². The van der Waals surface area contributed by atoms with Crippen LogP contribution in [0.1, 0.15) is 26.2 Å². The van der Waals surface area contributed by atoms with Crippen molar-refractivity contribution in [3.05, 3.63) is 47.5 Å². The average Bonchev–Trinajstić information content (AvgIpc) is 3.39. The minimum absolute atomic E-state index is 0.00408. The van der Waals surface area contributed by atoms with Crippen molar-refractivity contribution >= 4 is 45.9 Å². The molecule has 2 aromatic carbocycles. The summed E-state index contributed by atoms with van der Waals surface area (Å²) in [6.07, 6.45) is 1.96. The highest BCUT2D eigenvalue weighted by Gasteiger charge is 2.35. The molecule has 0 spiro atoms. The molecule has 3 aromatic rings. The summed E-state index contributed by atoms with van der Waals surface area (Å²) in [5.74, 6) is 0.598. The fourth-order valence-corrected chi connectivity index (χ4v) is 5.00. The third-order valence-corrected chi connectivity index (χ3v) is 7.20. The zero-order valence-corrected chi connectivity index (χ0v) is 22.4. The quantitative estimate of drug-likeness (QED) is 0.409. The van der Waals surface area contributed by atoms with Gasteiger partial charge in [0.05, 0.1) is 17.6 Å². The van der Waals surface area contributed by atoms with Crippen molar-refractivity contribution in [2.75, 3.05) is 38.6 Å². The van der Waals surface area contributed by atoms with Gasteiger partial charge < -0.3 is 24.4 Å². The van der Waals surface area contributed by atoms with Crippen molar-refractivity contribution in [2.24, 2.45) is 0 Å². The first-order chi connectivity index (χ1) is 18.9. The van der Waals surface area contributed by atoms with E-state index in [1.165, 1.54) is 18.5 Å². The van der Waals surface area contributed by atoms with E-state index in [0.29, 0.717) is 79.3 Å². The first-order valence-corrected chi connectivity index (χ1v) is 13.2. The fraction of sp³-hybridized carbons (Fsp3) is 0.407. The van der Waals surface area contributed by atoms with Gasteiger partial charge in [-0.3, -0.25) is 14.5 Å². The Labute approximate surface area is 230 Å². The van der Waals surface area contributed by atoms with E-state index in [0.717, 1.165) is 0 Å². The minimum atomic E-state index is -0.662. The Morgan fingerprint density at radius 2 is 2.00 bits per heavy atom. The third kappa shape index (κ3) is 5.84. The van der Waals surface area contributed by atoms with Gasteiger partial charge in [-0.1, -0.05) is 18.5 Å². The highest BCUT2D eigenvalue weighted by Crippen LogP contribution is 2.36. The van der Waals surface area contributed by atoms with Crippen LogP contribution in [-0.4, -0.2) is 77.3 Å².